The van der Waals surface area contributed by atoms with Crippen LogP contribution in [0.5, 0.6) is 0 Å². The van der Waals surface area contributed by atoms with Crippen LogP contribution < -0.4 is 0 Å². The molecule has 0 aromatic heterocycles. The zero-order valence-electron chi connectivity index (χ0n) is 17.5. The first-order chi connectivity index (χ1) is 14.7. The lowest BCUT2D eigenvalue weighted by atomic mass is 9.99. The van der Waals surface area contributed by atoms with Gasteiger partial charge in [0.15, 0.2) is 0 Å². The highest BCUT2D eigenvalue weighted by Crippen LogP contribution is 2.27. The van der Waals surface area contributed by atoms with Crippen LogP contribution in [0.4, 0.5) is 0 Å². The number of rotatable bonds is 7. The van der Waals surface area contributed by atoms with Crippen molar-refractivity contribution in [2.45, 2.75) is 27.1 Å². The van der Waals surface area contributed by atoms with Gasteiger partial charge in [-0.25, -0.2) is 9.78 Å². The van der Waals surface area contributed by atoms with Crippen LogP contribution in [0, 0.1) is 13.8 Å². The number of aryl methyl sites for hydroxylation is 2. The number of hydrogen-bond donors (Lipinski definition) is 0. The molecule has 0 atom stereocenters. The molecule has 0 aliphatic heterocycles. The van der Waals surface area contributed by atoms with E-state index >= 15 is 0 Å². The molecule has 2 nitrogen and oxygen atoms in total. The van der Waals surface area contributed by atoms with Crippen molar-refractivity contribution in [2.75, 3.05) is 0 Å². The first-order valence-corrected chi connectivity index (χ1v) is 10.2. The lowest BCUT2D eigenvalue weighted by Gasteiger charge is -2.12. The van der Waals surface area contributed by atoms with Gasteiger partial charge in [-0.2, -0.15) is 0 Å². The monoisotopic (exact) mass is 394 g/mol. The summed E-state index contributed by atoms with van der Waals surface area (Å²) in [6, 6.07) is 33.6. The Balaban J connectivity index is 1.44. The molecule has 2 heteroatoms. The van der Waals surface area contributed by atoms with Gasteiger partial charge in [0, 0.05) is 0 Å². The summed E-state index contributed by atoms with van der Waals surface area (Å²) in [6.07, 6.45) is 0. The molecule has 30 heavy (non-hydrogen) atoms. The molecular weight excluding hydrogens is 368 g/mol. The molecular formula is C28H26O2. The van der Waals surface area contributed by atoms with Gasteiger partial charge < -0.3 is 0 Å². The molecule has 4 aromatic rings. The molecule has 4 aromatic carbocycles. The van der Waals surface area contributed by atoms with E-state index in [1.807, 2.05) is 12.1 Å². The third-order valence-corrected chi connectivity index (χ3v) is 5.21. The molecule has 0 aliphatic carbocycles. The van der Waals surface area contributed by atoms with Crippen LogP contribution in [0.2, 0.25) is 0 Å². The maximum Gasteiger partial charge on any atom is 0.108 e. The first-order valence-electron chi connectivity index (χ1n) is 10.2. The van der Waals surface area contributed by atoms with Gasteiger partial charge in [0.2, 0.25) is 0 Å². The molecule has 0 saturated heterocycles. The molecule has 0 saturated carbocycles. The summed E-state index contributed by atoms with van der Waals surface area (Å²) in [6.45, 7) is 5.02. The van der Waals surface area contributed by atoms with E-state index in [1.165, 1.54) is 33.4 Å². The fourth-order valence-electron chi connectivity index (χ4n) is 3.69. The first kappa shape index (κ1) is 20.1. The van der Waals surface area contributed by atoms with Gasteiger partial charge in [-0.15, -0.1) is 0 Å². The van der Waals surface area contributed by atoms with Crippen LogP contribution in [-0.4, -0.2) is 0 Å². The van der Waals surface area contributed by atoms with Gasteiger partial charge in [-0.1, -0.05) is 108 Å². The van der Waals surface area contributed by atoms with Gasteiger partial charge in [-0.05, 0) is 47.2 Å². The van der Waals surface area contributed by atoms with Crippen LogP contribution in [0.3, 0.4) is 0 Å². The zero-order chi connectivity index (χ0) is 20.8. The fourth-order valence-corrected chi connectivity index (χ4v) is 3.69. The van der Waals surface area contributed by atoms with Crippen molar-refractivity contribution in [2.24, 2.45) is 0 Å². The van der Waals surface area contributed by atoms with E-state index in [0.717, 1.165) is 11.1 Å². The Hall–Kier alpha value is -3.20. The quantitative estimate of drug-likeness (QED) is 0.186. The van der Waals surface area contributed by atoms with Crippen molar-refractivity contribution in [3.05, 3.63) is 119 Å². The normalized spacial score (nSPS) is 10.9. The second-order valence-electron chi connectivity index (χ2n) is 7.58. The summed E-state index contributed by atoms with van der Waals surface area (Å²) in [5, 5.41) is 0. The summed E-state index contributed by atoms with van der Waals surface area (Å²) in [5.41, 5.74) is 9.43. The largest absolute Gasteiger partial charge is 0.232 e. The Labute approximate surface area is 178 Å². The highest BCUT2D eigenvalue weighted by atomic mass is 17.2. The van der Waals surface area contributed by atoms with Crippen LogP contribution in [-0.2, 0) is 23.0 Å². The maximum atomic E-state index is 5.63. The van der Waals surface area contributed by atoms with E-state index in [2.05, 4.69) is 98.8 Å². The van der Waals surface area contributed by atoms with E-state index in [4.69, 9.17) is 9.78 Å². The van der Waals surface area contributed by atoms with Crippen LogP contribution in [0.25, 0.3) is 22.3 Å². The van der Waals surface area contributed by atoms with Crippen LogP contribution in [0.1, 0.15) is 22.3 Å². The summed E-state index contributed by atoms with van der Waals surface area (Å²) in [4.78, 5) is 11.3. The van der Waals surface area contributed by atoms with Crippen molar-refractivity contribution < 1.29 is 9.78 Å². The molecule has 0 unspecified atom stereocenters. The summed E-state index contributed by atoms with van der Waals surface area (Å²) >= 11 is 0. The van der Waals surface area contributed by atoms with E-state index in [9.17, 15) is 0 Å². The maximum absolute atomic E-state index is 5.63. The summed E-state index contributed by atoms with van der Waals surface area (Å²) in [5.74, 6) is 0. The molecule has 0 fully saturated rings. The highest BCUT2D eigenvalue weighted by Gasteiger charge is 2.08. The minimum atomic E-state index is 0.400. The van der Waals surface area contributed by atoms with Gasteiger partial charge in [-0.3, -0.25) is 0 Å². The number of benzene rings is 4. The van der Waals surface area contributed by atoms with Crippen molar-refractivity contribution >= 4 is 0 Å². The van der Waals surface area contributed by atoms with Crippen LogP contribution in [0.15, 0.2) is 97.1 Å². The molecule has 0 radical (unpaired) electrons. The SMILES string of the molecule is Cc1cccc(-c2ccccc2COOCc2ccccc2-c2cccc(C)c2)c1. The molecule has 0 bridgehead atoms. The summed E-state index contributed by atoms with van der Waals surface area (Å²) < 4.78 is 0. The standard InChI is InChI=1S/C28H26O2/c1-21-9-7-13-23(17-21)27-15-5-3-11-25(27)19-29-30-20-26-12-4-6-16-28(26)24-14-8-10-22(2)18-24/h3-18H,19-20H2,1-2H3. The van der Waals surface area contributed by atoms with Crippen molar-refractivity contribution in [3.63, 3.8) is 0 Å². The molecule has 4 rings (SSSR count). The van der Waals surface area contributed by atoms with Crippen molar-refractivity contribution in [1.29, 1.82) is 0 Å². The summed E-state index contributed by atoms with van der Waals surface area (Å²) in [7, 11) is 0. The Kier molecular flexibility index (Phi) is 6.38. The minimum Gasteiger partial charge on any atom is -0.232 e. The predicted molar refractivity (Wildman–Crippen MR) is 123 cm³/mol. The molecule has 0 spiro atoms. The predicted octanol–water partition coefficient (Wildman–Crippen LogP) is 7.29. The Morgan fingerprint density at radius 2 is 0.933 bits per heavy atom. The average molecular weight is 395 g/mol. The number of hydrogen-bond acceptors (Lipinski definition) is 2. The lowest BCUT2D eigenvalue weighted by Crippen LogP contribution is -1.99. The van der Waals surface area contributed by atoms with E-state index in [1.54, 1.807) is 0 Å². The second-order valence-corrected chi connectivity index (χ2v) is 7.58. The molecule has 0 heterocycles. The van der Waals surface area contributed by atoms with Gasteiger partial charge in [0.25, 0.3) is 0 Å². The molecule has 150 valence electrons. The van der Waals surface area contributed by atoms with E-state index < -0.39 is 0 Å². The van der Waals surface area contributed by atoms with Gasteiger partial charge in [0.1, 0.15) is 13.2 Å². The Morgan fingerprint density at radius 3 is 1.37 bits per heavy atom. The Bertz CT molecular complexity index is 1040. The third-order valence-electron chi connectivity index (χ3n) is 5.21. The van der Waals surface area contributed by atoms with Crippen molar-refractivity contribution in [1.82, 2.24) is 0 Å². The van der Waals surface area contributed by atoms with Gasteiger partial charge >= 0.3 is 0 Å². The molecule has 0 amide bonds. The van der Waals surface area contributed by atoms with E-state index in [0.29, 0.717) is 13.2 Å². The lowest BCUT2D eigenvalue weighted by molar-refractivity contribution is -0.313. The highest BCUT2D eigenvalue weighted by molar-refractivity contribution is 5.68. The zero-order valence-corrected chi connectivity index (χ0v) is 17.5. The van der Waals surface area contributed by atoms with Crippen LogP contribution >= 0.6 is 0 Å². The molecule has 0 N–H and O–H groups in total. The second kappa shape index (κ2) is 9.53. The van der Waals surface area contributed by atoms with Crippen molar-refractivity contribution in [3.8, 4) is 22.3 Å². The topological polar surface area (TPSA) is 18.5 Å². The van der Waals surface area contributed by atoms with Gasteiger partial charge in [0.05, 0.1) is 0 Å². The van der Waals surface area contributed by atoms with E-state index in [-0.39, 0.29) is 0 Å². The Morgan fingerprint density at radius 1 is 0.500 bits per heavy atom. The fraction of sp³-hybridized carbons (Fsp3) is 0.143. The average Bonchev–Trinajstić information content (AvgIpc) is 2.77. The molecule has 0 aliphatic rings. The minimum absolute atomic E-state index is 0.400. The smallest absolute Gasteiger partial charge is 0.108 e. The third kappa shape index (κ3) is 4.85.